The smallest absolute Gasteiger partial charge is 0.335 e. The Morgan fingerprint density at radius 3 is 2.87 bits per heavy atom. The average molecular weight is 532 g/mol. The molecule has 194 valence electrons. The molecule has 0 spiro atoms. The molecule has 38 heavy (non-hydrogen) atoms. The number of benzene rings is 1. The summed E-state index contributed by atoms with van der Waals surface area (Å²) < 4.78 is 20.8. The minimum atomic E-state index is -0.787. The molecule has 7 nitrogen and oxygen atoms in total. The molecule has 2 bridgehead atoms. The van der Waals surface area contributed by atoms with Crippen molar-refractivity contribution >= 4 is 17.5 Å². The average Bonchev–Trinajstić information content (AvgIpc) is 3.20. The molecule has 2 aliphatic heterocycles. The number of ether oxygens (including phenoxy) is 1. The Balaban J connectivity index is 1.52. The fourth-order valence-electron chi connectivity index (χ4n) is 5.18. The van der Waals surface area contributed by atoms with Gasteiger partial charge in [-0.05, 0) is 43.0 Å². The van der Waals surface area contributed by atoms with E-state index in [0.717, 1.165) is 57.7 Å². The molecule has 1 fully saturated rings. The maximum atomic E-state index is 13.9. The van der Waals surface area contributed by atoms with Crippen LogP contribution in [0.15, 0.2) is 96.7 Å². The standard InChI is InChI=1S/C29H26FN3O4S/c1-17-6-2-4-8-23(17)33-28(34)26(27(37-30)32-29(33)35)22-16-25(38-24-9-5-3-7-21(24)31-22)19-11-10-18-12-13-36-20(14-18)15-19/h2,4,6-11,15,25H,3,5,12-14,16H2,1H3,(H,32,35). The highest BCUT2D eigenvalue weighted by Gasteiger charge is 2.31. The molecule has 6 rings (SSSR count). The summed E-state index contributed by atoms with van der Waals surface area (Å²) in [5.41, 5.74) is 3.03. The number of allylic oxidation sites excluding steroid dienone is 6. The summed E-state index contributed by atoms with van der Waals surface area (Å²) in [4.78, 5) is 39.2. The van der Waals surface area contributed by atoms with E-state index in [9.17, 15) is 14.1 Å². The van der Waals surface area contributed by atoms with Gasteiger partial charge in [0.1, 0.15) is 11.3 Å². The SMILES string of the molecule is Cc1ccccc1-n1c(=O)[nH]c(OF)c(C2=NC3=CCCC=C3SC(C3=CC=C4CCOC(=C3)C4)C2)c1=O. The van der Waals surface area contributed by atoms with E-state index >= 15 is 0 Å². The number of aryl methyl sites for hydroxylation is 1. The first-order chi connectivity index (χ1) is 18.5. The topological polar surface area (TPSA) is 85.7 Å². The second-order valence-electron chi connectivity index (χ2n) is 9.62. The van der Waals surface area contributed by atoms with E-state index in [0.29, 0.717) is 24.4 Å². The molecule has 2 aromatic rings. The molecule has 1 N–H and O–H groups in total. The Kier molecular flexibility index (Phi) is 6.53. The van der Waals surface area contributed by atoms with Crippen molar-refractivity contribution in [2.75, 3.05) is 6.61 Å². The first kappa shape index (κ1) is 24.5. The largest absolute Gasteiger partial charge is 0.497 e. The van der Waals surface area contributed by atoms with Gasteiger partial charge in [-0.25, -0.2) is 9.36 Å². The Morgan fingerprint density at radius 1 is 1.18 bits per heavy atom. The van der Waals surface area contributed by atoms with Crippen LogP contribution in [0.25, 0.3) is 5.69 Å². The molecular formula is C29H26FN3O4S. The maximum absolute atomic E-state index is 13.9. The van der Waals surface area contributed by atoms with Crippen LogP contribution in [-0.4, -0.2) is 27.1 Å². The molecule has 1 aromatic heterocycles. The van der Waals surface area contributed by atoms with Crippen LogP contribution >= 0.6 is 11.8 Å². The fraction of sp³-hybridized carbons (Fsp3) is 0.276. The number of H-pyrrole nitrogens is 1. The van der Waals surface area contributed by atoms with E-state index in [1.165, 1.54) is 5.57 Å². The number of aliphatic imine (C=N–C) groups is 1. The molecule has 3 heterocycles. The van der Waals surface area contributed by atoms with Gasteiger partial charge in [-0.3, -0.25) is 19.7 Å². The van der Waals surface area contributed by atoms with Crippen LogP contribution in [-0.2, 0) is 4.74 Å². The monoisotopic (exact) mass is 531 g/mol. The molecular weight excluding hydrogens is 505 g/mol. The number of para-hydroxylation sites is 1. The van der Waals surface area contributed by atoms with E-state index in [4.69, 9.17) is 9.73 Å². The van der Waals surface area contributed by atoms with Crippen LogP contribution in [0.4, 0.5) is 4.53 Å². The Bertz CT molecular complexity index is 1620. The van der Waals surface area contributed by atoms with E-state index in [2.05, 4.69) is 34.2 Å². The van der Waals surface area contributed by atoms with Crippen molar-refractivity contribution in [1.82, 2.24) is 9.55 Å². The van der Waals surface area contributed by atoms with Gasteiger partial charge in [-0.2, -0.15) is 0 Å². The Hall–Kier alpha value is -3.85. The van der Waals surface area contributed by atoms with Gasteiger partial charge in [-0.1, -0.05) is 48.1 Å². The van der Waals surface area contributed by atoms with Gasteiger partial charge in [-0.15, -0.1) is 11.8 Å². The molecule has 1 saturated heterocycles. The normalized spacial score (nSPS) is 20.7. The highest BCUT2D eigenvalue weighted by Crippen LogP contribution is 2.42. The number of rotatable bonds is 4. The van der Waals surface area contributed by atoms with Crippen LogP contribution in [0.3, 0.4) is 0 Å². The summed E-state index contributed by atoms with van der Waals surface area (Å²) in [6.45, 7) is 2.47. The van der Waals surface area contributed by atoms with Crippen molar-refractivity contribution in [3.05, 3.63) is 114 Å². The number of hydrogen-bond acceptors (Lipinski definition) is 6. The number of aromatic amines is 1. The van der Waals surface area contributed by atoms with E-state index in [1.807, 2.05) is 12.1 Å². The molecule has 2 aliphatic carbocycles. The maximum Gasteiger partial charge on any atom is 0.335 e. The Morgan fingerprint density at radius 2 is 2.03 bits per heavy atom. The summed E-state index contributed by atoms with van der Waals surface area (Å²) in [5, 5.41) is -0.123. The first-order valence-corrected chi connectivity index (χ1v) is 13.5. The number of halogens is 1. The molecule has 1 aromatic carbocycles. The molecule has 1 unspecified atom stereocenters. The fourth-order valence-corrected chi connectivity index (χ4v) is 6.47. The zero-order valence-electron chi connectivity index (χ0n) is 20.8. The molecule has 9 heteroatoms. The predicted molar refractivity (Wildman–Crippen MR) is 147 cm³/mol. The Labute approximate surface area is 222 Å². The summed E-state index contributed by atoms with van der Waals surface area (Å²) in [7, 11) is 0. The molecule has 0 amide bonds. The summed E-state index contributed by atoms with van der Waals surface area (Å²) in [6, 6.07) is 7.05. The third-order valence-corrected chi connectivity index (χ3v) is 8.46. The van der Waals surface area contributed by atoms with E-state index in [1.54, 1.807) is 36.9 Å². The van der Waals surface area contributed by atoms with Crippen molar-refractivity contribution in [3.63, 3.8) is 0 Å². The minimum absolute atomic E-state index is 0.0936. The third-order valence-electron chi connectivity index (χ3n) is 7.10. The van der Waals surface area contributed by atoms with Gasteiger partial charge >= 0.3 is 5.69 Å². The molecule has 0 saturated carbocycles. The highest BCUT2D eigenvalue weighted by molar-refractivity contribution is 8.04. The van der Waals surface area contributed by atoms with Gasteiger partial charge in [0, 0.05) is 33.9 Å². The van der Waals surface area contributed by atoms with Crippen molar-refractivity contribution < 1.29 is 14.2 Å². The highest BCUT2D eigenvalue weighted by atomic mass is 32.2. The lowest BCUT2D eigenvalue weighted by Gasteiger charge is -2.20. The van der Waals surface area contributed by atoms with Crippen LogP contribution in [0, 0.1) is 6.92 Å². The van der Waals surface area contributed by atoms with E-state index in [-0.39, 0.29) is 10.8 Å². The van der Waals surface area contributed by atoms with Crippen LogP contribution < -0.4 is 16.2 Å². The second-order valence-corrected chi connectivity index (χ2v) is 10.9. The van der Waals surface area contributed by atoms with Crippen molar-refractivity contribution in [1.29, 1.82) is 0 Å². The van der Waals surface area contributed by atoms with Crippen LogP contribution in [0.5, 0.6) is 5.88 Å². The molecule has 4 aliphatic rings. The van der Waals surface area contributed by atoms with E-state index < -0.39 is 17.1 Å². The zero-order chi connectivity index (χ0) is 26.2. The number of aromatic nitrogens is 2. The molecule has 1 atom stereocenters. The quantitative estimate of drug-likeness (QED) is 0.562. The number of thioether (sulfide) groups is 1. The van der Waals surface area contributed by atoms with Crippen LogP contribution in [0.1, 0.15) is 43.2 Å². The summed E-state index contributed by atoms with van der Waals surface area (Å²) in [5.74, 6) is 0.382. The number of nitrogens with zero attached hydrogens (tertiary/aromatic N) is 2. The predicted octanol–water partition coefficient (Wildman–Crippen LogP) is 5.51. The second kappa shape index (κ2) is 10.1. The lowest BCUT2D eigenvalue weighted by atomic mass is 10.0. The lowest BCUT2D eigenvalue weighted by Crippen LogP contribution is -2.38. The van der Waals surface area contributed by atoms with Crippen molar-refractivity contribution in [2.45, 2.75) is 44.3 Å². The van der Waals surface area contributed by atoms with Gasteiger partial charge in [0.25, 0.3) is 11.4 Å². The van der Waals surface area contributed by atoms with Crippen molar-refractivity contribution in [2.24, 2.45) is 4.99 Å². The number of hydrogen-bond donors (Lipinski definition) is 1. The minimum Gasteiger partial charge on any atom is -0.497 e. The van der Waals surface area contributed by atoms with Gasteiger partial charge in [0.2, 0.25) is 0 Å². The van der Waals surface area contributed by atoms with Gasteiger partial charge in [0.05, 0.1) is 23.7 Å². The third kappa shape index (κ3) is 4.51. The first-order valence-electron chi connectivity index (χ1n) is 12.6. The van der Waals surface area contributed by atoms with Crippen LogP contribution in [0.2, 0.25) is 0 Å². The number of nitrogens with one attached hydrogen (secondary N) is 1. The van der Waals surface area contributed by atoms with Crippen molar-refractivity contribution in [3.8, 4) is 11.6 Å². The molecule has 0 radical (unpaired) electrons. The lowest BCUT2D eigenvalue weighted by molar-refractivity contribution is -0.0128. The summed E-state index contributed by atoms with van der Waals surface area (Å²) >= 11 is 1.68. The van der Waals surface area contributed by atoms with Gasteiger partial charge < -0.3 is 4.74 Å². The zero-order valence-corrected chi connectivity index (χ0v) is 21.6. The summed E-state index contributed by atoms with van der Waals surface area (Å²) in [6.07, 6.45) is 14.2. The number of fused-ring (bicyclic) bond motifs is 3. The van der Waals surface area contributed by atoms with Gasteiger partial charge in [0.15, 0.2) is 0 Å².